The average Bonchev–Trinajstić information content (AvgIpc) is 2.58. The molecule has 1 rings (SSSR count). The molecule has 0 aliphatic heterocycles. The second-order valence-corrected chi connectivity index (χ2v) is 5.34. The van der Waals surface area contributed by atoms with Crippen LogP contribution in [0.3, 0.4) is 0 Å². The van der Waals surface area contributed by atoms with Gasteiger partial charge in [-0.2, -0.15) is 0 Å². The summed E-state index contributed by atoms with van der Waals surface area (Å²) in [5.41, 5.74) is 6.63. The van der Waals surface area contributed by atoms with Gasteiger partial charge in [0.1, 0.15) is 0 Å². The number of benzene rings is 1. The van der Waals surface area contributed by atoms with Gasteiger partial charge in [-0.3, -0.25) is 9.59 Å². The molecule has 0 heterocycles. The van der Waals surface area contributed by atoms with Crippen LogP contribution < -0.4 is 25.8 Å². The molecule has 0 aliphatic carbocycles. The number of hydrogen-bond donors (Lipinski definition) is 3. The third kappa shape index (κ3) is 8.09. The molecule has 0 saturated heterocycles. The number of rotatable bonds is 10. The highest BCUT2D eigenvalue weighted by molar-refractivity contribution is 5.85. The lowest BCUT2D eigenvalue weighted by Gasteiger charge is -2.14. The predicted molar refractivity (Wildman–Crippen MR) is 99.2 cm³/mol. The van der Waals surface area contributed by atoms with E-state index in [1.165, 1.54) is 7.11 Å². The van der Waals surface area contributed by atoms with Crippen LogP contribution in [0, 0.1) is 0 Å². The van der Waals surface area contributed by atoms with Crippen LogP contribution in [0.25, 0.3) is 0 Å². The van der Waals surface area contributed by atoms with Gasteiger partial charge in [0.25, 0.3) is 5.91 Å². The van der Waals surface area contributed by atoms with E-state index in [2.05, 4.69) is 10.6 Å². The summed E-state index contributed by atoms with van der Waals surface area (Å²) in [7, 11) is 1.52. The fourth-order valence-electron chi connectivity index (χ4n) is 2.10. The molecule has 2 amide bonds. The first-order chi connectivity index (χ1) is 11.5. The standard InChI is InChI=1S/C17H27N3O4.ClH/c1-4-6-13(18)17(22)20-10-12-7-8-14(15(9-12)23-3)24-11-16(21)19-5-2;/h7-9,13H,4-6,10-11,18H2,1-3H3,(H,19,21)(H,20,22);1H. The van der Waals surface area contributed by atoms with E-state index in [0.717, 1.165) is 12.0 Å². The molecule has 8 heteroatoms. The number of amides is 2. The molecule has 142 valence electrons. The quantitative estimate of drug-likeness (QED) is 0.575. The van der Waals surface area contributed by atoms with E-state index in [1.807, 2.05) is 13.8 Å². The van der Waals surface area contributed by atoms with Crippen molar-refractivity contribution in [3.63, 3.8) is 0 Å². The van der Waals surface area contributed by atoms with Crippen LogP contribution in [0.5, 0.6) is 11.5 Å². The molecule has 0 spiro atoms. The Kier molecular flexibility index (Phi) is 11.4. The number of carbonyl (C=O) groups excluding carboxylic acids is 2. The number of likely N-dealkylation sites (N-methyl/N-ethyl adjacent to an activating group) is 1. The molecular weight excluding hydrogens is 346 g/mol. The Morgan fingerprint density at radius 3 is 2.52 bits per heavy atom. The zero-order chi connectivity index (χ0) is 17.9. The number of nitrogens with one attached hydrogen (secondary N) is 2. The first-order valence-electron chi connectivity index (χ1n) is 8.11. The second-order valence-electron chi connectivity index (χ2n) is 5.34. The molecule has 1 aromatic carbocycles. The third-order valence-corrected chi connectivity index (χ3v) is 3.36. The van der Waals surface area contributed by atoms with E-state index in [1.54, 1.807) is 18.2 Å². The maximum absolute atomic E-state index is 11.8. The first-order valence-corrected chi connectivity index (χ1v) is 8.11. The minimum Gasteiger partial charge on any atom is -0.493 e. The van der Waals surface area contributed by atoms with Gasteiger partial charge in [0.2, 0.25) is 5.91 Å². The van der Waals surface area contributed by atoms with Crippen LogP contribution in [0.15, 0.2) is 18.2 Å². The summed E-state index contributed by atoms with van der Waals surface area (Å²) in [6, 6.07) is 4.79. The van der Waals surface area contributed by atoms with Crippen LogP contribution in [0.4, 0.5) is 0 Å². The Balaban J connectivity index is 0.00000576. The lowest BCUT2D eigenvalue weighted by Crippen LogP contribution is -2.40. The molecule has 1 aromatic rings. The van der Waals surface area contributed by atoms with Crippen molar-refractivity contribution in [2.75, 3.05) is 20.3 Å². The van der Waals surface area contributed by atoms with E-state index in [9.17, 15) is 9.59 Å². The zero-order valence-electron chi connectivity index (χ0n) is 15.0. The van der Waals surface area contributed by atoms with Crippen molar-refractivity contribution in [2.45, 2.75) is 39.3 Å². The van der Waals surface area contributed by atoms with E-state index in [4.69, 9.17) is 15.2 Å². The Hall–Kier alpha value is -1.99. The molecule has 25 heavy (non-hydrogen) atoms. The van der Waals surface area contributed by atoms with Crippen molar-refractivity contribution in [3.05, 3.63) is 23.8 Å². The molecule has 0 radical (unpaired) electrons. The molecule has 0 bridgehead atoms. The molecule has 0 fully saturated rings. The van der Waals surface area contributed by atoms with Gasteiger partial charge >= 0.3 is 0 Å². The van der Waals surface area contributed by atoms with Crippen molar-refractivity contribution in [1.29, 1.82) is 0 Å². The normalized spacial score (nSPS) is 11.0. The van der Waals surface area contributed by atoms with Gasteiger partial charge in [0, 0.05) is 13.1 Å². The molecular formula is C17H28ClN3O4. The number of hydrogen-bond acceptors (Lipinski definition) is 5. The molecule has 0 aliphatic rings. The summed E-state index contributed by atoms with van der Waals surface area (Å²) in [6.45, 7) is 4.65. The summed E-state index contributed by atoms with van der Waals surface area (Å²) >= 11 is 0. The minimum absolute atomic E-state index is 0. The monoisotopic (exact) mass is 373 g/mol. The Morgan fingerprint density at radius 2 is 1.92 bits per heavy atom. The lowest BCUT2D eigenvalue weighted by molar-refractivity contribution is -0.123. The van der Waals surface area contributed by atoms with Gasteiger partial charge in [0.15, 0.2) is 18.1 Å². The SMILES string of the molecule is CCCC(N)C(=O)NCc1ccc(OCC(=O)NCC)c(OC)c1.Cl. The molecule has 1 unspecified atom stereocenters. The average molecular weight is 374 g/mol. The van der Waals surface area contributed by atoms with Gasteiger partial charge < -0.3 is 25.8 Å². The van der Waals surface area contributed by atoms with Gasteiger partial charge in [-0.1, -0.05) is 19.4 Å². The smallest absolute Gasteiger partial charge is 0.257 e. The maximum atomic E-state index is 11.8. The summed E-state index contributed by atoms with van der Waals surface area (Å²) in [5, 5.41) is 5.45. The minimum atomic E-state index is -0.489. The number of halogens is 1. The molecule has 7 nitrogen and oxygen atoms in total. The van der Waals surface area contributed by atoms with E-state index in [0.29, 0.717) is 31.0 Å². The number of methoxy groups -OCH3 is 1. The highest BCUT2D eigenvalue weighted by Gasteiger charge is 2.13. The van der Waals surface area contributed by atoms with Gasteiger partial charge in [-0.15, -0.1) is 12.4 Å². The van der Waals surface area contributed by atoms with Crippen molar-refractivity contribution >= 4 is 24.2 Å². The van der Waals surface area contributed by atoms with Gasteiger partial charge in [-0.25, -0.2) is 0 Å². The largest absolute Gasteiger partial charge is 0.493 e. The molecule has 0 saturated carbocycles. The van der Waals surface area contributed by atoms with Crippen molar-refractivity contribution < 1.29 is 19.1 Å². The summed E-state index contributed by atoms with van der Waals surface area (Å²) < 4.78 is 10.7. The summed E-state index contributed by atoms with van der Waals surface area (Å²) in [6.07, 6.45) is 1.52. The number of ether oxygens (including phenoxy) is 2. The van der Waals surface area contributed by atoms with Crippen LogP contribution >= 0.6 is 12.4 Å². The Bertz CT molecular complexity index is 555. The van der Waals surface area contributed by atoms with Crippen molar-refractivity contribution in [2.24, 2.45) is 5.73 Å². The fourth-order valence-corrected chi connectivity index (χ4v) is 2.10. The molecule has 1 atom stereocenters. The Morgan fingerprint density at radius 1 is 1.20 bits per heavy atom. The van der Waals surface area contributed by atoms with Crippen LogP contribution in [0.2, 0.25) is 0 Å². The van der Waals surface area contributed by atoms with E-state index in [-0.39, 0.29) is 30.8 Å². The van der Waals surface area contributed by atoms with Crippen molar-refractivity contribution in [1.82, 2.24) is 10.6 Å². The topological polar surface area (TPSA) is 103 Å². The summed E-state index contributed by atoms with van der Waals surface area (Å²) in [5.74, 6) is 0.610. The maximum Gasteiger partial charge on any atom is 0.257 e. The molecule has 4 N–H and O–H groups in total. The highest BCUT2D eigenvalue weighted by Crippen LogP contribution is 2.28. The third-order valence-electron chi connectivity index (χ3n) is 3.36. The number of carbonyl (C=O) groups is 2. The predicted octanol–water partition coefficient (Wildman–Crippen LogP) is 1.38. The van der Waals surface area contributed by atoms with Gasteiger partial charge in [0.05, 0.1) is 13.2 Å². The first kappa shape index (κ1) is 23.0. The summed E-state index contributed by atoms with van der Waals surface area (Å²) in [4.78, 5) is 23.3. The van der Waals surface area contributed by atoms with E-state index >= 15 is 0 Å². The molecule has 0 aromatic heterocycles. The van der Waals surface area contributed by atoms with Crippen LogP contribution in [-0.2, 0) is 16.1 Å². The van der Waals surface area contributed by atoms with E-state index < -0.39 is 6.04 Å². The zero-order valence-corrected chi connectivity index (χ0v) is 15.8. The van der Waals surface area contributed by atoms with Gasteiger partial charge in [-0.05, 0) is 31.0 Å². The van der Waals surface area contributed by atoms with Crippen LogP contribution in [0.1, 0.15) is 32.3 Å². The van der Waals surface area contributed by atoms with Crippen molar-refractivity contribution in [3.8, 4) is 11.5 Å². The van der Waals surface area contributed by atoms with Crippen LogP contribution in [-0.4, -0.2) is 38.1 Å². The Labute approximate surface area is 155 Å². The lowest BCUT2D eigenvalue weighted by atomic mass is 10.1. The second kappa shape index (κ2) is 12.4. The fraction of sp³-hybridized carbons (Fsp3) is 0.529. The number of nitrogens with two attached hydrogens (primary N) is 1. The highest BCUT2D eigenvalue weighted by atomic mass is 35.5.